The first-order valence-corrected chi connectivity index (χ1v) is 8.40. The standard InChI is InChI=1S/C19H13F3N6O/c1-10-2-7-16(27-26-10)28-15-6-4-12(19(20,21)22)8-14(15)25-18(28)13-5-3-11(9-24-13)17(23)29/h2-9H,1H3,(H2,23,29). The molecule has 4 rings (SSSR count). The molecule has 3 aromatic heterocycles. The third kappa shape index (κ3) is 3.40. The summed E-state index contributed by atoms with van der Waals surface area (Å²) in [5.41, 5.74) is 6.17. The molecule has 0 aliphatic carbocycles. The van der Waals surface area contributed by atoms with E-state index in [1.54, 1.807) is 23.6 Å². The van der Waals surface area contributed by atoms with Crippen LogP contribution in [0.3, 0.4) is 0 Å². The van der Waals surface area contributed by atoms with E-state index in [2.05, 4.69) is 20.2 Å². The van der Waals surface area contributed by atoms with Crippen molar-refractivity contribution in [1.82, 2.24) is 24.7 Å². The number of nitrogens with two attached hydrogens (primary N) is 1. The number of benzene rings is 1. The van der Waals surface area contributed by atoms with Crippen molar-refractivity contribution in [2.45, 2.75) is 13.1 Å². The van der Waals surface area contributed by atoms with E-state index < -0.39 is 17.6 Å². The lowest BCUT2D eigenvalue weighted by Gasteiger charge is -2.09. The summed E-state index contributed by atoms with van der Waals surface area (Å²) < 4.78 is 40.9. The van der Waals surface area contributed by atoms with Gasteiger partial charge in [-0.2, -0.15) is 18.3 Å². The minimum Gasteiger partial charge on any atom is -0.366 e. The van der Waals surface area contributed by atoms with Gasteiger partial charge in [-0.05, 0) is 49.4 Å². The predicted molar refractivity (Wildman–Crippen MR) is 98.1 cm³/mol. The number of aromatic nitrogens is 5. The van der Waals surface area contributed by atoms with Crippen LogP contribution in [0.2, 0.25) is 0 Å². The van der Waals surface area contributed by atoms with Gasteiger partial charge in [0.15, 0.2) is 11.6 Å². The fraction of sp³-hybridized carbons (Fsp3) is 0.105. The lowest BCUT2D eigenvalue weighted by molar-refractivity contribution is -0.137. The average molecular weight is 398 g/mol. The van der Waals surface area contributed by atoms with Crippen LogP contribution in [0.15, 0.2) is 48.7 Å². The Hall–Kier alpha value is -3.82. The van der Waals surface area contributed by atoms with Crippen LogP contribution in [0.4, 0.5) is 13.2 Å². The smallest absolute Gasteiger partial charge is 0.366 e. The van der Waals surface area contributed by atoms with E-state index in [0.717, 1.165) is 12.1 Å². The molecule has 0 unspecified atom stereocenters. The summed E-state index contributed by atoms with van der Waals surface area (Å²) in [7, 11) is 0. The van der Waals surface area contributed by atoms with Gasteiger partial charge < -0.3 is 5.73 Å². The molecule has 2 N–H and O–H groups in total. The molecule has 10 heteroatoms. The van der Waals surface area contributed by atoms with Crippen LogP contribution in [-0.4, -0.2) is 30.6 Å². The van der Waals surface area contributed by atoms with Crippen molar-refractivity contribution in [3.8, 4) is 17.3 Å². The summed E-state index contributed by atoms with van der Waals surface area (Å²) in [5, 5.41) is 8.13. The Morgan fingerprint density at radius 2 is 1.86 bits per heavy atom. The van der Waals surface area contributed by atoms with Crippen molar-refractivity contribution in [2.75, 3.05) is 0 Å². The van der Waals surface area contributed by atoms with Gasteiger partial charge in [0.2, 0.25) is 5.91 Å². The number of carbonyl (C=O) groups excluding carboxylic acids is 1. The third-order valence-electron chi connectivity index (χ3n) is 4.27. The lowest BCUT2D eigenvalue weighted by Crippen LogP contribution is -2.11. The Bertz CT molecular complexity index is 1210. The van der Waals surface area contributed by atoms with Gasteiger partial charge >= 0.3 is 6.18 Å². The monoisotopic (exact) mass is 398 g/mol. The summed E-state index contributed by atoms with van der Waals surface area (Å²) in [6.45, 7) is 1.77. The second-order valence-corrected chi connectivity index (χ2v) is 6.30. The molecule has 7 nitrogen and oxygen atoms in total. The Balaban J connectivity index is 1.97. The number of primary amides is 1. The minimum atomic E-state index is -4.50. The highest BCUT2D eigenvalue weighted by Crippen LogP contribution is 2.33. The molecule has 1 amide bonds. The molecule has 0 spiro atoms. The lowest BCUT2D eigenvalue weighted by atomic mass is 10.2. The van der Waals surface area contributed by atoms with Crippen molar-refractivity contribution >= 4 is 16.9 Å². The van der Waals surface area contributed by atoms with Gasteiger partial charge in [0.25, 0.3) is 0 Å². The molecule has 1 aromatic carbocycles. The number of hydrogen-bond donors (Lipinski definition) is 1. The Morgan fingerprint density at radius 1 is 1.07 bits per heavy atom. The largest absolute Gasteiger partial charge is 0.416 e. The average Bonchev–Trinajstić information content (AvgIpc) is 3.07. The fourth-order valence-corrected chi connectivity index (χ4v) is 2.84. The summed E-state index contributed by atoms with van der Waals surface area (Å²) in [6.07, 6.45) is -3.22. The van der Waals surface area contributed by atoms with E-state index >= 15 is 0 Å². The Morgan fingerprint density at radius 3 is 2.45 bits per heavy atom. The van der Waals surface area contributed by atoms with E-state index in [4.69, 9.17) is 5.73 Å². The zero-order valence-corrected chi connectivity index (χ0v) is 15.0. The number of fused-ring (bicyclic) bond motifs is 1. The number of halogens is 3. The third-order valence-corrected chi connectivity index (χ3v) is 4.27. The first-order valence-electron chi connectivity index (χ1n) is 8.40. The van der Waals surface area contributed by atoms with Gasteiger partial charge in [0, 0.05) is 6.20 Å². The van der Waals surface area contributed by atoms with Gasteiger partial charge in [0.05, 0.1) is 27.9 Å². The van der Waals surface area contributed by atoms with E-state index in [0.29, 0.717) is 22.7 Å². The number of alkyl halides is 3. The van der Waals surface area contributed by atoms with Crippen molar-refractivity contribution < 1.29 is 18.0 Å². The Kier molecular flexibility index (Phi) is 4.26. The number of carbonyl (C=O) groups is 1. The number of amides is 1. The van der Waals surface area contributed by atoms with Gasteiger partial charge in [-0.25, -0.2) is 4.98 Å². The fourth-order valence-electron chi connectivity index (χ4n) is 2.84. The normalized spacial score (nSPS) is 11.7. The van der Waals surface area contributed by atoms with Crippen molar-refractivity contribution in [3.63, 3.8) is 0 Å². The number of hydrogen-bond acceptors (Lipinski definition) is 5. The van der Waals surface area contributed by atoms with E-state index in [-0.39, 0.29) is 16.9 Å². The van der Waals surface area contributed by atoms with Gasteiger partial charge in [-0.1, -0.05) is 0 Å². The second-order valence-electron chi connectivity index (χ2n) is 6.30. The second kappa shape index (κ2) is 6.66. The quantitative estimate of drug-likeness (QED) is 0.571. The molecule has 0 aliphatic heterocycles. The number of nitrogens with zero attached hydrogens (tertiary/aromatic N) is 5. The SMILES string of the molecule is Cc1ccc(-n2c(-c3ccc(C(N)=O)cn3)nc3cc(C(F)(F)F)ccc32)nn1. The first-order chi connectivity index (χ1) is 13.7. The molecule has 0 radical (unpaired) electrons. The van der Waals surface area contributed by atoms with Crippen LogP contribution in [0.5, 0.6) is 0 Å². The summed E-state index contributed by atoms with van der Waals surface area (Å²) in [6, 6.07) is 9.67. The van der Waals surface area contributed by atoms with Gasteiger partial charge in [-0.3, -0.25) is 14.3 Å². The molecule has 0 atom stereocenters. The summed E-state index contributed by atoms with van der Waals surface area (Å²) >= 11 is 0. The number of aryl methyl sites for hydroxylation is 1. The predicted octanol–water partition coefficient (Wildman–Crippen LogP) is 3.30. The molecular weight excluding hydrogens is 385 g/mol. The summed E-state index contributed by atoms with van der Waals surface area (Å²) in [5.74, 6) is -0.0149. The van der Waals surface area contributed by atoms with E-state index in [1.165, 1.54) is 24.4 Å². The Labute approximate surface area is 162 Å². The van der Waals surface area contributed by atoms with Crippen LogP contribution in [0.25, 0.3) is 28.4 Å². The molecule has 0 bridgehead atoms. The molecule has 0 aliphatic rings. The minimum absolute atomic E-state index is 0.123. The van der Waals surface area contributed by atoms with Crippen LogP contribution < -0.4 is 5.73 Å². The highest BCUT2D eigenvalue weighted by molar-refractivity contribution is 5.92. The summed E-state index contributed by atoms with van der Waals surface area (Å²) in [4.78, 5) is 19.8. The number of imidazole rings is 1. The number of rotatable bonds is 3. The van der Waals surface area contributed by atoms with Crippen molar-refractivity contribution in [2.24, 2.45) is 5.73 Å². The topological polar surface area (TPSA) is 99.6 Å². The number of pyridine rings is 1. The maximum atomic E-state index is 13.1. The van der Waals surface area contributed by atoms with Gasteiger partial charge in [-0.15, -0.1) is 5.10 Å². The molecule has 3 heterocycles. The first kappa shape index (κ1) is 18.5. The van der Waals surface area contributed by atoms with Crippen LogP contribution in [0.1, 0.15) is 21.6 Å². The molecule has 0 fully saturated rings. The van der Waals surface area contributed by atoms with E-state index in [1.807, 2.05) is 0 Å². The highest BCUT2D eigenvalue weighted by Gasteiger charge is 2.31. The maximum absolute atomic E-state index is 13.1. The molecule has 4 aromatic rings. The van der Waals surface area contributed by atoms with Crippen LogP contribution >= 0.6 is 0 Å². The molecular formula is C19H13F3N6O. The molecule has 29 heavy (non-hydrogen) atoms. The van der Waals surface area contributed by atoms with Crippen LogP contribution in [0, 0.1) is 6.92 Å². The highest BCUT2D eigenvalue weighted by atomic mass is 19.4. The van der Waals surface area contributed by atoms with Crippen molar-refractivity contribution in [3.05, 3.63) is 65.5 Å². The molecule has 0 saturated heterocycles. The zero-order chi connectivity index (χ0) is 20.8. The van der Waals surface area contributed by atoms with E-state index in [9.17, 15) is 18.0 Å². The van der Waals surface area contributed by atoms with Crippen molar-refractivity contribution in [1.29, 1.82) is 0 Å². The van der Waals surface area contributed by atoms with Gasteiger partial charge in [0.1, 0.15) is 5.69 Å². The van der Waals surface area contributed by atoms with Crippen LogP contribution in [-0.2, 0) is 6.18 Å². The molecule has 146 valence electrons. The zero-order valence-electron chi connectivity index (χ0n) is 15.0. The maximum Gasteiger partial charge on any atom is 0.416 e. The molecule has 0 saturated carbocycles.